The van der Waals surface area contributed by atoms with E-state index in [4.69, 9.17) is 16.3 Å². The first-order valence-electron chi connectivity index (χ1n) is 9.64. The lowest BCUT2D eigenvalue weighted by atomic mass is 10.1. The van der Waals surface area contributed by atoms with E-state index in [1.165, 1.54) is 12.5 Å². The van der Waals surface area contributed by atoms with Gasteiger partial charge in [-0.15, -0.1) is 12.8 Å². The smallest absolute Gasteiger partial charge is 0.221 e. The Morgan fingerprint density at radius 2 is 1.87 bits per heavy atom. The predicted molar refractivity (Wildman–Crippen MR) is 124 cm³/mol. The number of carbonyl (C=O) groups is 1. The number of anilines is 1. The molecule has 4 nitrogen and oxygen atoms in total. The maximum absolute atomic E-state index is 11.1. The van der Waals surface area contributed by atoms with Gasteiger partial charge < -0.3 is 10.1 Å². The summed E-state index contributed by atoms with van der Waals surface area (Å²) >= 11 is 6.37. The highest BCUT2D eigenvalue weighted by Crippen LogP contribution is 2.31. The van der Waals surface area contributed by atoms with Crippen LogP contribution in [-0.4, -0.2) is 17.5 Å². The highest BCUT2D eigenvalue weighted by Gasteiger charge is 2.06. The third-order valence-electron chi connectivity index (χ3n) is 4.31. The Morgan fingerprint density at radius 1 is 1.10 bits per heavy atom. The standard InChI is InChI=1S/C23H23ClN2O2.C2H2/c1-17(27)26-20-9-12-22(23(24)15-20)19-7-10-21(11-8-19)28-14-3-2-5-18-6-4-13-25-16-18;1-2/h4,6-13,15-16H,2-3,5,14H2,1H3,(H,26,27);1-2H. The molecule has 3 aromatic rings. The molecule has 1 heterocycles. The van der Waals surface area contributed by atoms with E-state index in [0.29, 0.717) is 17.3 Å². The average Bonchev–Trinajstić information content (AvgIpc) is 2.76. The van der Waals surface area contributed by atoms with Crippen LogP contribution in [0.15, 0.2) is 67.0 Å². The minimum Gasteiger partial charge on any atom is -0.494 e. The second-order valence-electron chi connectivity index (χ2n) is 6.57. The lowest BCUT2D eigenvalue weighted by Crippen LogP contribution is -2.05. The largest absolute Gasteiger partial charge is 0.494 e. The molecule has 0 aliphatic rings. The third-order valence-corrected chi connectivity index (χ3v) is 4.62. The van der Waals surface area contributed by atoms with Crippen molar-refractivity contribution < 1.29 is 9.53 Å². The zero-order valence-corrected chi connectivity index (χ0v) is 17.7. The Balaban J connectivity index is 0.00000155. The summed E-state index contributed by atoms with van der Waals surface area (Å²) in [5, 5.41) is 3.32. The van der Waals surface area contributed by atoms with Crippen LogP contribution in [0.3, 0.4) is 0 Å². The quantitative estimate of drug-likeness (QED) is 0.358. The fourth-order valence-electron chi connectivity index (χ4n) is 2.93. The molecule has 2 aromatic carbocycles. The number of unbranched alkanes of at least 4 members (excludes halogenated alkanes) is 1. The number of ether oxygens (including phenoxy) is 1. The van der Waals surface area contributed by atoms with Crippen molar-refractivity contribution in [3.8, 4) is 29.7 Å². The topological polar surface area (TPSA) is 51.2 Å². The number of nitrogens with zero attached hydrogens (tertiary/aromatic N) is 1. The first-order chi connectivity index (χ1) is 14.6. The molecule has 0 saturated heterocycles. The van der Waals surface area contributed by atoms with Crippen LogP contribution in [0.2, 0.25) is 5.02 Å². The average molecular weight is 421 g/mol. The summed E-state index contributed by atoms with van der Waals surface area (Å²) in [6.07, 6.45) is 14.8. The molecular formula is C25H25ClN2O2. The molecule has 1 amide bonds. The number of terminal acetylenes is 1. The van der Waals surface area contributed by atoms with Crippen LogP contribution in [0.4, 0.5) is 5.69 Å². The zero-order valence-electron chi connectivity index (χ0n) is 17.0. The van der Waals surface area contributed by atoms with Gasteiger partial charge in [-0.3, -0.25) is 9.78 Å². The molecule has 1 N–H and O–H groups in total. The van der Waals surface area contributed by atoms with E-state index in [2.05, 4.69) is 29.2 Å². The lowest BCUT2D eigenvalue weighted by Gasteiger charge is -2.10. The second kappa shape index (κ2) is 12.3. The van der Waals surface area contributed by atoms with Crippen LogP contribution < -0.4 is 10.1 Å². The van der Waals surface area contributed by atoms with Crippen LogP contribution in [0, 0.1) is 12.8 Å². The van der Waals surface area contributed by atoms with E-state index in [0.717, 1.165) is 36.1 Å². The van der Waals surface area contributed by atoms with Gasteiger partial charge in [0.05, 0.1) is 11.6 Å². The van der Waals surface area contributed by atoms with Crippen molar-refractivity contribution in [2.75, 3.05) is 11.9 Å². The maximum Gasteiger partial charge on any atom is 0.221 e. The number of hydrogen-bond acceptors (Lipinski definition) is 3. The number of halogens is 1. The Morgan fingerprint density at radius 3 is 2.50 bits per heavy atom. The van der Waals surface area contributed by atoms with Gasteiger partial charge in [0, 0.05) is 30.6 Å². The molecule has 0 radical (unpaired) electrons. The van der Waals surface area contributed by atoms with Crippen molar-refractivity contribution in [3.63, 3.8) is 0 Å². The number of rotatable bonds is 8. The highest BCUT2D eigenvalue weighted by molar-refractivity contribution is 6.33. The van der Waals surface area contributed by atoms with Crippen LogP contribution in [0.25, 0.3) is 11.1 Å². The molecule has 5 heteroatoms. The molecule has 0 fully saturated rings. The van der Waals surface area contributed by atoms with Crippen LogP contribution >= 0.6 is 11.6 Å². The Hall–Kier alpha value is -3.29. The zero-order chi connectivity index (χ0) is 21.8. The Labute approximate surface area is 183 Å². The van der Waals surface area contributed by atoms with Crippen molar-refractivity contribution in [3.05, 3.63) is 77.6 Å². The molecule has 0 bridgehead atoms. The second-order valence-corrected chi connectivity index (χ2v) is 6.97. The normalized spacial score (nSPS) is 9.87. The van der Waals surface area contributed by atoms with Gasteiger partial charge in [-0.05, 0) is 60.7 Å². The summed E-state index contributed by atoms with van der Waals surface area (Å²) < 4.78 is 5.83. The summed E-state index contributed by atoms with van der Waals surface area (Å²) in [5.74, 6) is 0.724. The number of aryl methyl sites for hydroxylation is 1. The summed E-state index contributed by atoms with van der Waals surface area (Å²) in [6.45, 7) is 2.16. The molecule has 0 unspecified atom stereocenters. The van der Waals surface area contributed by atoms with Crippen molar-refractivity contribution in [1.29, 1.82) is 0 Å². The van der Waals surface area contributed by atoms with Crippen molar-refractivity contribution in [1.82, 2.24) is 4.98 Å². The number of aromatic nitrogens is 1. The minimum atomic E-state index is -0.120. The van der Waals surface area contributed by atoms with E-state index >= 15 is 0 Å². The fraction of sp³-hybridized carbons (Fsp3) is 0.200. The molecule has 1 aromatic heterocycles. The Kier molecular flexibility index (Phi) is 9.44. The van der Waals surface area contributed by atoms with Crippen molar-refractivity contribution in [2.45, 2.75) is 26.2 Å². The van der Waals surface area contributed by atoms with Gasteiger partial charge >= 0.3 is 0 Å². The van der Waals surface area contributed by atoms with E-state index in [1.807, 2.05) is 48.7 Å². The van der Waals surface area contributed by atoms with Crippen molar-refractivity contribution >= 4 is 23.2 Å². The predicted octanol–water partition coefficient (Wildman–Crippen LogP) is 6.01. The van der Waals surface area contributed by atoms with Gasteiger partial charge in [0.25, 0.3) is 0 Å². The van der Waals surface area contributed by atoms with Crippen LogP contribution in [0.5, 0.6) is 5.75 Å². The molecule has 0 atom stereocenters. The molecule has 0 spiro atoms. The van der Waals surface area contributed by atoms with E-state index in [9.17, 15) is 4.79 Å². The number of pyridine rings is 1. The number of carbonyl (C=O) groups excluding carboxylic acids is 1. The number of nitrogens with one attached hydrogen (secondary N) is 1. The number of benzene rings is 2. The number of amides is 1. The first-order valence-corrected chi connectivity index (χ1v) is 10.0. The van der Waals surface area contributed by atoms with Gasteiger partial charge in [-0.2, -0.15) is 0 Å². The minimum absolute atomic E-state index is 0.120. The maximum atomic E-state index is 11.1. The van der Waals surface area contributed by atoms with Gasteiger partial charge in [-0.1, -0.05) is 35.9 Å². The molecule has 0 aliphatic heterocycles. The third kappa shape index (κ3) is 7.27. The van der Waals surface area contributed by atoms with Gasteiger partial charge in [0.1, 0.15) is 5.75 Å². The first kappa shape index (κ1) is 23.0. The molecule has 3 rings (SSSR count). The van der Waals surface area contributed by atoms with Gasteiger partial charge in [0.2, 0.25) is 5.91 Å². The molecular weight excluding hydrogens is 396 g/mol. The van der Waals surface area contributed by atoms with Crippen LogP contribution in [0.1, 0.15) is 25.3 Å². The molecule has 0 aliphatic carbocycles. The number of hydrogen-bond donors (Lipinski definition) is 1. The van der Waals surface area contributed by atoms with Crippen LogP contribution in [-0.2, 0) is 11.2 Å². The summed E-state index contributed by atoms with van der Waals surface area (Å²) in [7, 11) is 0. The fourth-order valence-corrected chi connectivity index (χ4v) is 3.22. The van der Waals surface area contributed by atoms with Gasteiger partial charge in [-0.25, -0.2) is 0 Å². The Bertz CT molecular complexity index is 954. The highest BCUT2D eigenvalue weighted by atomic mass is 35.5. The summed E-state index contributed by atoms with van der Waals surface area (Å²) in [5.41, 5.74) is 3.86. The summed E-state index contributed by atoms with van der Waals surface area (Å²) in [4.78, 5) is 15.3. The van der Waals surface area contributed by atoms with E-state index < -0.39 is 0 Å². The van der Waals surface area contributed by atoms with E-state index in [-0.39, 0.29) is 5.91 Å². The van der Waals surface area contributed by atoms with E-state index in [1.54, 1.807) is 12.3 Å². The van der Waals surface area contributed by atoms with Crippen molar-refractivity contribution in [2.24, 2.45) is 0 Å². The SMILES string of the molecule is C#C.CC(=O)Nc1ccc(-c2ccc(OCCCCc3cccnc3)cc2)c(Cl)c1. The molecule has 0 saturated carbocycles. The molecule has 154 valence electrons. The molecule has 30 heavy (non-hydrogen) atoms. The summed E-state index contributed by atoms with van der Waals surface area (Å²) in [6, 6.07) is 17.5. The monoisotopic (exact) mass is 420 g/mol. The lowest BCUT2D eigenvalue weighted by molar-refractivity contribution is -0.114. The van der Waals surface area contributed by atoms with Gasteiger partial charge in [0.15, 0.2) is 0 Å².